The zero-order valence-corrected chi connectivity index (χ0v) is 11.0. The van der Waals surface area contributed by atoms with Crippen LogP contribution in [0, 0.1) is 5.41 Å². The van der Waals surface area contributed by atoms with Crippen LogP contribution < -0.4 is 5.73 Å². The molecule has 0 radical (unpaired) electrons. The molecule has 0 saturated heterocycles. The Kier molecular flexibility index (Phi) is 5.59. The minimum atomic E-state index is -4.45. The number of amidine groups is 1. The average Bonchev–Trinajstić information content (AvgIpc) is 2.26. The standard InChI is InChI=1S/C11H8F3N3.2ClH/c12-11(13,14)9-4-2-6-5-7(10(15)16)1-3-8(6)17-9;;/h1-5H,(H3,15,16);2*1H. The molecule has 3 N–H and O–H groups in total. The van der Waals surface area contributed by atoms with Crippen LogP contribution in [0.2, 0.25) is 0 Å². The number of hydrogen-bond donors (Lipinski definition) is 2. The van der Waals surface area contributed by atoms with Gasteiger partial charge in [0.05, 0.1) is 5.52 Å². The number of nitrogens with zero attached hydrogens (tertiary/aromatic N) is 1. The Morgan fingerprint density at radius 3 is 2.26 bits per heavy atom. The lowest BCUT2D eigenvalue weighted by Gasteiger charge is -2.07. The van der Waals surface area contributed by atoms with Gasteiger partial charge in [-0.25, -0.2) is 4.98 Å². The van der Waals surface area contributed by atoms with Crippen LogP contribution >= 0.6 is 24.8 Å². The molecule has 0 spiro atoms. The van der Waals surface area contributed by atoms with Crippen molar-refractivity contribution in [3.8, 4) is 0 Å². The molecule has 1 heterocycles. The molecule has 8 heteroatoms. The van der Waals surface area contributed by atoms with E-state index in [1.165, 1.54) is 24.3 Å². The maximum atomic E-state index is 12.4. The van der Waals surface area contributed by atoms with Gasteiger partial charge in [0.25, 0.3) is 0 Å². The Morgan fingerprint density at radius 2 is 1.74 bits per heavy atom. The number of rotatable bonds is 1. The van der Waals surface area contributed by atoms with Gasteiger partial charge in [0.15, 0.2) is 0 Å². The van der Waals surface area contributed by atoms with Crippen molar-refractivity contribution >= 4 is 41.6 Å². The van der Waals surface area contributed by atoms with Crippen LogP contribution in [0.4, 0.5) is 13.2 Å². The summed E-state index contributed by atoms with van der Waals surface area (Å²) in [6.45, 7) is 0. The van der Waals surface area contributed by atoms with Crippen LogP contribution in [0.25, 0.3) is 10.9 Å². The van der Waals surface area contributed by atoms with Crippen LogP contribution in [0.3, 0.4) is 0 Å². The predicted octanol–water partition coefficient (Wildman–Crippen LogP) is 3.38. The van der Waals surface area contributed by atoms with Crippen molar-refractivity contribution in [1.29, 1.82) is 5.41 Å². The Hall–Kier alpha value is -1.53. The first kappa shape index (κ1) is 17.5. The van der Waals surface area contributed by atoms with E-state index in [2.05, 4.69) is 4.98 Å². The second-order valence-corrected chi connectivity index (χ2v) is 3.52. The summed E-state index contributed by atoms with van der Waals surface area (Å²) >= 11 is 0. The van der Waals surface area contributed by atoms with Gasteiger partial charge in [-0.15, -0.1) is 24.8 Å². The zero-order chi connectivity index (χ0) is 12.6. The lowest BCUT2D eigenvalue weighted by Crippen LogP contribution is -2.11. The predicted molar refractivity (Wildman–Crippen MR) is 72.3 cm³/mol. The van der Waals surface area contributed by atoms with Crippen molar-refractivity contribution in [2.75, 3.05) is 0 Å². The van der Waals surface area contributed by atoms with Gasteiger partial charge in [0.2, 0.25) is 0 Å². The minimum absolute atomic E-state index is 0. The summed E-state index contributed by atoms with van der Waals surface area (Å²) in [7, 11) is 0. The highest BCUT2D eigenvalue weighted by Gasteiger charge is 2.32. The van der Waals surface area contributed by atoms with Gasteiger partial charge in [-0.3, -0.25) is 5.41 Å². The van der Waals surface area contributed by atoms with E-state index in [4.69, 9.17) is 11.1 Å². The lowest BCUT2D eigenvalue weighted by molar-refractivity contribution is -0.140. The smallest absolute Gasteiger partial charge is 0.384 e. The SMILES string of the molecule is Cl.Cl.N=C(N)c1ccc2nc(C(F)(F)F)ccc2c1. The molecule has 0 aliphatic heterocycles. The van der Waals surface area contributed by atoms with Crippen molar-refractivity contribution in [3.05, 3.63) is 41.6 Å². The summed E-state index contributed by atoms with van der Waals surface area (Å²) in [6.07, 6.45) is -4.45. The third kappa shape index (κ3) is 3.71. The third-order valence-electron chi connectivity index (χ3n) is 2.29. The molecule has 0 saturated carbocycles. The first-order valence-corrected chi connectivity index (χ1v) is 4.70. The number of nitrogen functional groups attached to an aromatic ring is 1. The molecule has 0 aliphatic carbocycles. The molecule has 0 atom stereocenters. The van der Waals surface area contributed by atoms with Crippen molar-refractivity contribution in [2.24, 2.45) is 5.73 Å². The highest BCUT2D eigenvalue weighted by molar-refractivity contribution is 5.98. The van der Waals surface area contributed by atoms with Gasteiger partial charge < -0.3 is 5.73 Å². The monoisotopic (exact) mass is 311 g/mol. The second-order valence-electron chi connectivity index (χ2n) is 3.52. The number of benzene rings is 1. The Bertz CT molecular complexity index is 599. The Balaban J connectivity index is 0.00000162. The fourth-order valence-electron chi connectivity index (χ4n) is 1.45. The molecule has 0 aliphatic rings. The lowest BCUT2D eigenvalue weighted by atomic mass is 10.1. The Labute approximate surface area is 119 Å². The first-order valence-electron chi connectivity index (χ1n) is 4.70. The summed E-state index contributed by atoms with van der Waals surface area (Å²) < 4.78 is 37.2. The van der Waals surface area contributed by atoms with E-state index in [9.17, 15) is 13.2 Å². The van der Waals surface area contributed by atoms with E-state index in [-0.39, 0.29) is 36.2 Å². The number of aromatic nitrogens is 1. The van der Waals surface area contributed by atoms with Crippen LogP contribution in [-0.2, 0) is 6.18 Å². The van der Waals surface area contributed by atoms with Crippen molar-refractivity contribution in [3.63, 3.8) is 0 Å². The largest absolute Gasteiger partial charge is 0.433 e. The Morgan fingerprint density at radius 1 is 1.11 bits per heavy atom. The number of alkyl halides is 3. The molecule has 104 valence electrons. The van der Waals surface area contributed by atoms with E-state index >= 15 is 0 Å². The van der Waals surface area contributed by atoms with Crippen molar-refractivity contribution in [2.45, 2.75) is 6.18 Å². The van der Waals surface area contributed by atoms with E-state index in [1.807, 2.05) is 0 Å². The third-order valence-corrected chi connectivity index (χ3v) is 2.29. The summed E-state index contributed by atoms with van der Waals surface area (Å²) in [5.74, 6) is -0.133. The van der Waals surface area contributed by atoms with Crippen LogP contribution in [0.5, 0.6) is 0 Å². The number of hydrogen-bond acceptors (Lipinski definition) is 2. The topological polar surface area (TPSA) is 62.8 Å². The first-order chi connectivity index (χ1) is 7.88. The molecule has 0 fully saturated rings. The molecule has 1 aromatic heterocycles. The van der Waals surface area contributed by atoms with E-state index in [0.29, 0.717) is 10.9 Å². The van der Waals surface area contributed by atoms with E-state index in [0.717, 1.165) is 6.07 Å². The quantitative estimate of drug-likeness (QED) is 0.626. The molecule has 2 aromatic rings. The van der Waals surface area contributed by atoms with Crippen LogP contribution in [0.15, 0.2) is 30.3 Å². The number of nitrogens with two attached hydrogens (primary N) is 1. The molecular weight excluding hydrogens is 302 g/mol. The van der Waals surface area contributed by atoms with Gasteiger partial charge >= 0.3 is 6.18 Å². The number of pyridine rings is 1. The van der Waals surface area contributed by atoms with Gasteiger partial charge in [0.1, 0.15) is 11.5 Å². The molecule has 0 amide bonds. The molecule has 1 aromatic carbocycles. The van der Waals surface area contributed by atoms with Gasteiger partial charge in [-0.05, 0) is 24.3 Å². The molecule has 2 rings (SSSR count). The summed E-state index contributed by atoms with van der Waals surface area (Å²) in [5.41, 5.74) is 5.04. The molecule has 0 unspecified atom stereocenters. The molecular formula is C11H10Cl2F3N3. The van der Waals surface area contributed by atoms with Gasteiger partial charge in [-0.2, -0.15) is 13.2 Å². The summed E-state index contributed by atoms with van der Waals surface area (Å²) in [5, 5.41) is 7.75. The summed E-state index contributed by atoms with van der Waals surface area (Å²) in [4.78, 5) is 3.51. The summed E-state index contributed by atoms with van der Waals surface area (Å²) in [6, 6.07) is 6.65. The van der Waals surface area contributed by atoms with Gasteiger partial charge in [-0.1, -0.05) is 6.07 Å². The maximum absolute atomic E-state index is 12.4. The van der Waals surface area contributed by atoms with E-state index in [1.54, 1.807) is 0 Å². The highest BCUT2D eigenvalue weighted by atomic mass is 35.5. The molecule has 0 bridgehead atoms. The minimum Gasteiger partial charge on any atom is -0.384 e. The van der Waals surface area contributed by atoms with Crippen molar-refractivity contribution < 1.29 is 13.2 Å². The number of nitrogens with one attached hydrogen (secondary N) is 1. The van der Waals surface area contributed by atoms with Crippen LogP contribution in [0.1, 0.15) is 11.3 Å². The van der Waals surface area contributed by atoms with Crippen LogP contribution in [-0.4, -0.2) is 10.8 Å². The average molecular weight is 312 g/mol. The highest BCUT2D eigenvalue weighted by Crippen LogP contribution is 2.29. The van der Waals surface area contributed by atoms with E-state index < -0.39 is 11.9 Å². The molecule has 19 heavy (non-hydrogen) atoms. The second kappa shape index (κ2) is 6.08. The zero-order valence-electron chi connectivity index (χ0n) is 9.36. The fourth-order valence-corrected chi connectivity index (χ4v) is 1.45. The van der Waals surface area contributed by atoms with Gasteiger partial charge in [0, 0.05) is 10.9 Å². The maximum Gasteiger partial charge on any atom is 0.433 e. The normalized spacial score (nSPS) is 10.5. The number of halogens is 5. The fraction of sp³-hybridized carbons (Fsp3) is 0.0909. The molecule has 3 nitrogen and oxygen atoms in total. The van der Waals surface area contributed by atoms with Crippen molar-refractivity contribution in [1.82, 2.24) is 4.98 Å². The number of fused-ring (bicyclic) bond motifs is 1.